The molecule has 9 heteroatoms. The Balaban J connectivity index is 2.57. The number of anilines is 1. The summed E-state index contributed by atoms with van der Waals surface area (Å²) in [6, 6.07) is 4.72. The second kappa shape index (κ2) is 4.32. The van der Waals surface area contributed by atoms with Crippen molar-refractivity contribution >= 4 is 27.5 Å². The molecule has 1 heterocycles. The van der Waals surface area contributed by atoms with Crippen LogP contribution in [0.15, 0.2) is 30.9 Å². The molecule has 7 nitrogen and oxygen atoms in total. The van der Waals surface area contributed by atoms with Gasteiger partial charge in [0.05, 0.1) is 10.7 Å². The highest BCUT2D eigenvalue weighted by Gasteiger charge is 2.13. The zero-order valence-electron chi connectivity index (χ0n) is 8.41. The third kappa shape index (κ3) is 2.73. The van der Waals surface area contributed by atoms with E-state index in [-0.39, 0.29) is 5.69 Å². The molecule has 0 atom stereocenters. The topological polar surface area (TPSA) is 103 Å². The molecule has 0 aliphatic rings. The summed E-state index contributed by atoms with van der Waals surface area (Å²) in [6.07, 6.45) is 2.71. The van der Waals surface area contributed by atoms with Crippen LogP contribution < -0.4 is 9.86 Å². The standard InChI is InChI=1S/C8H8ClN5O2S/c9-6-2-1-3-7(13-17(10,15)16)8(6)14-5-11-4-12-14/h1-5,13H,(H2,10,15,16). The number of nitrogens with zero attached hydrogens (tertiary/aromatic N) is 3. The smallest absolute Gasteiger partial charge is 0.269 e. The van der Waals surface area contributed by atoms with Gasteiger partial charge in [-0.15, -0.1) is 0 Å². The lowest BCUT2D eigenvalue weighted by molar-refractivity contribution is 0.603. The van der Waals surface area contributed by atoms with Crippen LogP contribution in [-0.4, -0.2) is 23.2 Å². The van der Waals surface area contributed by atoms with Crippen molar-refractivity contribution in [3.8, 4) is 5.69 Å². The van der Waals surface area contributed by atoms with Gasteiger partial charge in [-0.3, -0.25) is 4.72 Å². The van der Waals surface area contributed by atoms with E-state index in [2.05, 4.69) is 14.8 Å². The van der Waals surface area contributed by atoms with Gasteiger partial charge < -0.3 is 0 Å². The van der Waals surface area contributed by atoms with E-state index in [9.17, 15) is 8.42 Å². The first-order valence-electron chi connectivity index (χ1n) is 4.41. The van der Waals surface area contributed by atoms with Gasteiger partial charge in [-0.25, -0.2) is 14.8 Å². The van der Waals surface area contributed by atoms with E-state index in [4.69, 9.17) is 16.7 Å². The van der Waals surface area contributed by atoms with Gasteiger partial charge in [0, 0.05) is 0 Å². The van der Waals surface area contributed by atoms with Gasteiger partial charge in [0.1, 0.15) is 18.3 Å². The Labute approximate surface area is 102 Å². The van der Waals surface area contributed by atoms with Gasteiger partial charge >= 0.3 is 0 Å². The molecule has 2 rings (SSSR count). The SMILES string of the molecule is NS(=O)(=O)Nc1cccc(Cl)c1-n1cncn1. The molecular formula is C8H8ClN5O2S. The molecule has 0 unspecified atom stereocenters. The summed E-state index contributed by atoms with van der Waals surface area (Å²) >= 11 is 5.99. The van der Waals surface area contributed by atoms with Gasteiger partial charge in [-0.1, -0.05) is 17.7 Å². The molecule has 0 fully saturated rings. The summed E-state index contributed by atoms with van der Waals surface area (Å²) in [5, 5.41) is 9.12. The van der Waals surface area contributed by atoms with Crippen LogP contribution in [0, 0.1) is 0 Å². The van der Waals surface area contributed by atoms with E-state index in [1.54, 1.807) is 12.1 Å². The molecule has 0 aliphatic carbocycles. The van der Waals surface area contributed by atoms with Gasteiger partial charge in [0.25, 0.3) is 10.2 Å². The van der Waals surface area contributed by atoms with Crippen molar-refractivity contribution in [3.63, 3.8) is 0 Å². The van der Waals surface area contributed by atoms with E-state index in [0.717, 1.165) is 0 Å². The van der Waals surface area contributed by atoms with Crippen molar-refractivity contribution in [3.05, 3.63) is 35.9 Å². The minimum absolute atomic E-state index is 0.227. The maximum atomic E-state index is 11.0. The average Bonchev–Trinajstić information content (AvgIpc) is 2.68. The molecule has 0 radical (unpaired) electrons. The van der Waals surface area contributed by atoms with Crippen molar-refractivity contribution in [1.82, 2.24) is 14.8 Å². The average molecular weight is 274 g/mol. The van der Waals surface area contributed by atoms with Crippen molar-refractivity contribution in [2.24, 2.45) is 5.14 Å². The highest BCUT2D eigenvalue weighted by Crippen LogP contribution is 2.27. The highest BCUT2D eigenvalue weighted by atomic mass is 35.5. The lowest BCUT2D eigenvalue weighted by atomic mass is 10.3. The first-order valence-corrected chi connectivity index (χ1v) is 6.34. The molecule has 1 aromatic heterocycles. The Bertz CT molecular complexity index is 625. The van der Waals surface area contributed by atoms with Crippen molar-refractivity contribution in [2.45, 2.75) is 0 Å². The summed E-state index contributed by atoms with van der Waals surface area (Å²) in [7, 11) is -3.88. The number of hydrogen-bond donors (Lipinski definition) is 2. The van der Waals surface area contributed by atoms with Crippen LogP contribution in [0.1, 0.15) is 0 Å². The summed E-state index contributed by atoms with van der Waals surface area (Å²) in [6.45, 7) is 0. The molecule has 0 spiro atoms. The largest absolute Gasteiger partial charge is 0.296 e. The van der Waals surface area contributed by atoms with Crippen LogP contribution in [0.5, 0.6) is 0 Å². The van der Waals surface area contributed by atoms with Gasteiger partial charge in [-0.2, -0.15) is 13.5 Å². The second-order valence-electron chi connectivity index (χ2n) is 3.12. The van der Waals surface area contributed by atoms with Crippen LogP contribution in [0.25, 0.3) is 5.69 Å². The Morgan fingerprint density at radius 3 is 2.76 bits per heavy atom. The first kappa shape index (κ1) is 11.8. The van der Waals surface area contributed by atoms with Crippen LogP contribution in [0.2, 0.25) is 5.02 Å². The Kier molecular flexibility index (Phi) is 3.01. The Hall–Kier alpha value is -1.64. The zero-order valence-corrected chi connectivity index (χ0v) is 9.98. The maximum Gasteiger partial charge on any atom is 0.296 e. The number of rotatable bonds is 3. The summed E-state index contributed by atoms with van der Waals surface area (Å²) in [5.74, 6) is 0. The molecule has 0 amide bonds. The number of halogens is 1. The molecule has 17 heavy (non-hydrogen) atoms. The molecule has 0 aliphatic heterocycles. The molecule has 2 aromatic rings. The molecule has 0 saturated carbocycles. The predicted octanol–water partition coefficient (Wildman–Crippen LogP) is 0.536. The number of benzene rings is 1. The lowest BCUT2D eigenvalue weighted by Crippen LogP contribution is -2.22. The molecular weight excluding hydrogens is 266 g/mol. The van der Waals surface area contributed by atoms with Crippen LogP contribution in [0.4, 0.5) is 5.69 Å². The van der Waals surface area contributed by atoms with Crippen LogP contribution in [-0.2, 0) is 10.2 Å². The van der Waals surface area contributed by atoms with Crippen LogP contribution >= 0.6 is 11.6 Å². The Morgan fingerprint density at radius 1 is 1.41 bits per heavy atom. The van der Waals surface area contributed by atoms with E-state index < -0.39 is 10.2 Å². The third-order valence-electron chi connectivity index (χ3n) is 1.89. The normalized spacial score (nSPS) is 11.4. The maximum absolute atomic E-state index is 11.0. The van der Waals surface area contributed by atoms with E-state index in [1.165, 1.54) is 23.4 Å². The minimum atomic E-state index is -3.88. The first-order chi connectivity index (χ1) is 7.97. The second-order valence-corrected chi connectivity index (χ2v) is 4.82. The van der Waals surface area contributed by atoms with Crippen molar-refractivity contribution in [2.75, 3.05) is 4.72 Å². The summed E-state index contributed by atoms with van der Waals surface area (Å²) in [5.41, 5.74) is 0.589. The quantitative estimate of drug-likeness (QED) is 0.851. The van der Waals surface area contributed by atoms with Crippen LogP contribution in [0.3, 0.4) is 0 Å². The molecule has 90 valence electrons. The lowest BCUT2D eigenvalue weighted by Gasteiger charge is -2.11. The number of para-hydroxylation sites is 1. The van der Waals surface area contributed by atoms with E-state index in [0.29, 0.717) is 10.7 Å². The summed E-state index contributed by atoms with van der Waals surface area (Å²) < 4.78 is 25.5. The van der Waals surface area contributed by atoms with Crippen molar-refractivity contribution < 1.29 is 8.42 Å². The van der Waals surface area contributed by atoms with Gasteiger partial charge in [0.2, 0.25) is 0 Å². The Morgan fingerprint density at radius 2 is 2.18 bits per heavy atom. The van der Waals surface area contributed by atoms with Crippen molar-refractivity contribution in [1.29, 1.82) is 0 Å². The summed E-state index contributed by atoms with van der Waals surface area (Å²) in [4.78, 5) is 3.76. The predicted molar refractivity (Wildman–Crippen MR) is 63.1 cm³/mol. The van der Waals surface area contributed by atoms with E-state index >= 15 is 0 Å². The highest BCUT2D eigenvalue weighted by molar-refractivity contribution is 7.90. The minimum Gasteiger partial charge on any atom is -0.269 e. The fraction of sp³-hybridized carbons (Fsp3) is 0. The number of nitrogens with two attached hydrogens (primary N) is 1. The molecule has 3 N–H and O–H groups in total. The van der Waals surface area contributed by atoms with E-state index in [1.807, 2.05) is 0 Å². The zero-order chi connectivity index (χ0) is 12.5. The fourth-order valence-corrected chi connectivity index (χ4v) is 2.04. The molecule has 0 saturated heterocycles. The number of nitrogens with one attached hydrogen (secondary N) is 1. The molecule has 1 aromatic carbocycles. The monoisotopic (exact) mass is 273 g/mol. The fourth-order valence-electron chi connectivity index (χ4n) is 1.31. The third-order valence-corrected chi connectivity index (χ3v) is 2.70. The number of hydrogen-bond acceptors (Lipinski definition) is 4. The molecule has 0 bridgehead atoms. The van der Waals surface area contributed by atoms with Gasteiger partial charge in [-0.05, 0) is 12.1 Å². The number of aromatic nitrogens is 3. The van der Waals surface area contributed by atoms with Gasteiger partial charge in [0.15, 0.2) is 0 Å².